The van der Waals surface area contributed by atoms with Crippen molar-refractivity contribution in [2.24, 2.45) is 0 Å². The van der Waals surface area contributed by atoms with Crippen LogP contribution in [0.3, 0.4) is 0 Å². The van der Waals surface area contributed by atoms with Gasteiger partial charge in [0.2, 0.25) is 0 Å². The zero-order valence-corrected chi connectivity index (χ0v) is 34.5. The number of benzene rings is 8. The van der Waals surface area contributed by atoms with E-state index in [4.69, 9.17) is 0 Å². The molecule has 0 aliphatic rings. The van der Waals surface area contributed by atoms with Gasteiger partial charge in [0.15, 0.2) is 0 Å². The molecule has 3 nitrogen and oxygen atoms in total. The van der Waals surface area contributed by atoms with E-state index in [9.17, 15) is 0 Å². The molecule has 10 aromatic rings. The zero-order chi connectivity index (χ0) is 41.3. The second-order valence-electron chi connectivity index (χ2n) is 14.7. The molecule has 0 aliphatic heterocycles. The molecule has 2 aromatic heterocycles. The van der Waals surface area contributed by atoms with Crippen molar-refractivity contribution in [3.8, 4) is 11.4 Å². The molecule has 0 fully saturated rings. The van der Waals surface area contributed by atoms with Crippen molar-refractivity contribution < 1.29 is 0 Å². The van der Waals surface area contributed by atoms with Crippen molar-refractivity contribution >= 4 is 60.5 Å². The van der Waals surface area contributed by atoms with E-state index in [1.54, 1.807) is 6.08 Å². The van der Waals surface area contributed by atoms with Gasteiger partial charge in [0, 0.05) is 56.2 Å². The summed E-state index contributed by atoms with van der Waals surface area (Å²) in [5, 5.41) is 6.26. The van der Waals surface area contributed by atoms with E-state index in [2.05, 4.69) is 235 Å². The summed E-state index contributed by atoms with van der Waals surface area (Å²) >= 11 is 0. The summed E-state index contributed by atoms with van der Waals surface area (Å²) in [6, 6.07) is 69.2. The van der Waals surface area contributed by atoms with Gasteiger partial charge in [-0.15, -0.1) is 0 Å². The molecule has 0 amide bonds. The number of para-hydroxylation sites is 4. The molecule has 0 bridgehead atoms. The van der Waals surface area contributed by atoms with E-state index in [0.29, 0.717) is 0 Å². The van der Waals surface area contributed by atoms with Crippen LogP contribution in [0.25, 0.3) is 54.9 Å². The predicted octanol–water partition coefficient (Wildman–Crippen LogP) is 16.0. The Morgan fingerprint density at radius 2 is 1.03 bits per heavy atom. The lowest BCUT2D eigenvalue weighted by atomic mass is 10.0. The van der Waals surface area contributed by atoms with Crippen LogP contribution in [0.5, 0.6) is 0 Å². The van der Waals surface area contributed by atoms with Crippen LogP contribution < -0.4 is 4.90 Å². The Morgan fingerprint density at radius 1 is 0.450 bits per heavy atom. The van der Waals surface area contributed by atoms with Gasteiger partial charge in [-0.05, 0) is 122 Å². The highest BCUT2D eigenvalue weighted by Gasteiger charge is 2.17. The molecule has 0 N–H and O–H groups in total. The lowest BCUT2D eigenvalue weighted by Crippen LogP contribution is -2.09. The quantitative estimate of drug-likeness (QED) is 0.147. The fourth-order valence-electron chi connectivity index (χ4n) is 7.76. The number of aryl methyl sites for hydroxylation is 2. The van der Waals surface area contributed by atoms with Gasteiger partial charge in [-0.1, -0.05) is 146 Å². The number of hydrogen-bond acceptors (Lipinski definition) is 1. The summed E-state index contributed by atoms with van der Waals surface area (Å²) in [7, 11) is 0. The second kappa shape index (κ2) is 18.3. The number of rotatable bonds is 7. The lowest BCUT2D eigenvalue weighted by Gasteiger charge is -2.25. The Hall–Kier alpha value is -7.62. The average molecular weight is 776 g/mol. The molecule has 2 heterocycles. The molecule has 0 spiro atoms. The van der Waals surface area contributed by atoms with Gasteiger partial charge >= 0.3 is 0 Å². The van der Waals surface area contributed by atoms with Gasteiger partial charge in [-0.3, -0.25) is 0 Å². The molecule has 0 saturated heterocycles. The third kappa shape index (κ3) is 8.20. The van der Waals surface area contributed by atoms with E-state index in [-0.39, 0.29) is 0 Å². The Bertz CT molecular complexity index is 3000. The van der Waals surface area contributed by atoms with Gasteiger partial charge in [-0.2, -0.15) is 0 Å². The topological polar surface area (TPSA) is 13.1 Å². The average Bonchev–Trinajstić information content (AvgIpc) is 3.88. The Kier molecular flexibility index (Phi) is 12.0. The van der Waals surface area contributed by atoms with Crippen LogP contribution in [0.1, 0.15) is 18.1 Å². The standard InChI is InChI=1S/C42H29N3.C8H10.C7H10/c1-4-12-33(13-5-1)44(34-14-6-2-7-15-34)36-23-21-32(22-24-36)43-27-26-31-28-39-30(29-41(31)43)20-25-38-37-18-10-11-19-40(37)45(42(38)39)35-16-8-3-9-17-35;1-7-5-3-4-6-8(7)2;1-3-5-7-6-4-2/h1-29H;3-6H,1-2H3;3-7H,1H2,2H3/b;;6-4-,7-5-. The predicted molar refractivity (Wildman–Crippen MR) is 260 cm³/mol. The highest BCUT2D eigenvalue weighted by atomic mass is 15.1. The lowest BCUT2D eigenvalue weighted by molar-refractivity contribution is 1.13. The molecule has 0 atom stereocenters. The van der Waals surface area contributed by atoms with E-state index < -0.39 is 0 Å². The molecule has 0 radical (unpaired) electrons. The van der Waals surface area contributed by atoms with Crippen molar-refractivity contribution in [2.45, 2.75) is 20.8 Å². The molecular weight excluding hydrogens is 727 g/mol. The largest absolute Gasteiger partial charge is 0.317 e. The number of hydrogen-bond donors (Lipinski definition) is 0. The molecule has 8 aromatic carbocycles. The van der Waals surface area contributed by atoms with Gasteiger partial charge in [0.25, 0.3) is 0 Å². The van der Waals surface area contributed by atoms with Crippen molar-refractivity contribution in [2.75, 3.05) is 4.90 Å². The Morgan fingerprint density at radius 3 is 1.65 bits per heavy atom. The normalized spacial score (nSPS) is 11.2. The van der Waals surface area contributed by atoms with Crippen LogP contribution in [0, 0.1) is 13.8 Å². The zero-order valence-electron chi connectivity index (χ0n) is 34.5. The molecule has 3 heteroatoms. The monoisotopic (exact) mass is 775 g/mol. The van der Waals surface area contributed by atoms with Gasteiger partial charge in [-0.25, -0.2) is 0 Å². The highest BCUT2D eigenvalue weighted by molar-refractivity contribution is 6.20. The minimum atomic E-state index is 1.12. The number of fused-ring (bicyclic) bond motifs is 6. The second-order valence-corrected chi connectivity index (χ2v) is 14.7. The van der Waals surface area contributed by atoms with E-state index >= 15 is 0 Å². The molecule has 292 valence electrons. The molecule has 0 aliphatic carbocycles. The summed E-state index contributed by atoms with van der Waals surface area (Å²) in [6.45, 7) is 9.73. The molecule has 0 unspecified atom stereocenters. The fraction of sp³-hybridized carbons (Fsp3) is 0.0526. The molecule has 10 rings (SSSR count). The Balaban J connectivity index is 0.000000283. The van der Waals surface area contributed by atoms with Crippen LogP contribution in [-0.4, -0.2) is 9.13 Å². The van der Waals surface area contributed by atoms with Gasteiger partial charge in [0.05, 0.1) is 16.6 Å². The van der Waals surface area contributed by atoms with Crippen LogP contribution in [0.15, 0.2) is 237 Å². The number of allylic oxidation sites excluding steroid dienone is 5. The fourth-order valence-corrected chi connectivity index (χ4v) is 7.76. The van der Waals surface area contributed by atoms with Crippen molar-refractivity contribution in [3.63, 3.8) is 0 Å². The van der Waals surface area contributed by atoms with Crippen molar-refractivity contribution in [1.82, 2.24) is 9.13 Å². The highest BCUT2D eigenvalue weighted by Crippen LogP contribution is 2.39. The first-order chi connectivity index (χ1) is 29.6. The minimum absolute atomic E-state index is 1.12. The number of aromatic nitrogens is 2. The molecule has 60 heavy (non-hydrogen) atoms. The number of nitrogens with zero attached hydrogens (tertiary/aromatic N) is 3. The third-order valence-electron chi connectivity index (χ3n) is 10.9. The molecule has 0 saturated carbocycles. The van der Waals surface area contributed by atoms with Gasteiger partial charge in [0.1, 0.15) is 0 Å². The van der Waals surface area contributed by atoms with E-state index in [0.717, 1.165) is 22.7 Å². The first kappa shape index (κ1) is 39.2. The SMILES string of the molecule is C=C/C=C\C=C/C.Cc1ccccc1C.c1ccc(N(c2ccccc2)c2ccc(-n3ccc4cc5c(ccc6c7ccccc7n(-c7ccccc7)c56)cc43)cc2)cc1. The van der Waals surface area contributed by atoms with Crippen LogP contribution in [0.2, 0.25) is 0 Å². The third-order valence-corrected chi connectivity index (χ3v) is 10.9. The maximum absolute atomic E-state index is 3.51. The Labute approximate surface area is 353 Å². The van der Waals surface area contributed by atoms with Crippen molar-refractivity contribution in [1.29, 1.82) is 0 Å². The summed E-state index contributed by atoms with van der Waals surface area (Å²) in [6.07, 6.45) is 11.7. The smallest absolute Gasteiger partial charge is 0.0619 e. The van der Waals surface area contributed by atoms with Crippen LogP contribution in [0.4, 0.5) is 17.1 Å². The molecular formula is C57H49N3. The summed E-state index contributed by atoms with van der Waals surface area (Å²) in [5.41, 5.74) is 12.1. The minimum Gasteiger partial charge on any atom is -0.317 e. The first-order valence-electron chi connectivity index (χ1n) is 20.5. The van der Waals surface area contributed by atoms with Crippen LogP contribution in [-0.2, 0) is 0 Å². The summed E-state index contributed by atoms with van der Waals surface area (Å²) in [5.74, 6) is 0. The first-order valence-corrected chi connectivity index (χ1v) is 20.5. The van der Waals surface area contributed by atoms with Gasteiger partial charge < -0.3 is 14.0 Å². The number of anilines is 3. The summed E-state index contributed by atoms with van der Waals surface area (Å²) < 4.78 is 4.71. The summed E-state index contributed by atoms with van der Waals surface area (Å²) in [4.78, 5) is 2.29. The van der Waals surface area contributed by atoms with Crippen molar-refractivity contribution in [3.05, 3.63) is 248 Å². The maximum atomic E-state index is 3.51. The van der Waals surface area contributed by atoms with E-state index in [1.807, 2.05) is 31.2 Å². The maximum Gasteiger partial charge on any atom is 0.0619 e. The van der Waals surface area contributed by atoms with E-state index in [1.165, 1.54) is 60.3 Å². The van der Waals surface area contributed by atoms with Crippen LogP contribution >= 0.6 is 0 Å².